The first-order valence-electron chi connectivity index (χ1n) is 8.49. The quantitative estimate of drug-likeness (QED) is 0.603. The van der Waals surface area contributed by atoms with E-state index in [0.717, 1.165) is 0 Å². The minimum atomic E-state index is -0.448. The summed E-state index contributed by atoms with van der Waals surface area (Å²) in [6.07, 6.45) is 1.26. The van der Waals surface area contributed by atoms with E-state index in [2.05, 4.69) is 20.6 Å². The number of nitrogens with zero attached hydrogens (tertiary/aromatic N) is 2. The highest BCUT2D eigenvalue weighted by atomic mass is 35.5. The highest BCUT2D eigenvalue weighted by Crippen LogP contribution is 2.23. The number of amides is 1. The Balaban J connectivity index is 1.80. The zero-order chi connectivity index (χ0) is 19.9. The van der Waals surface area contributed by atoms with Crippen LogP contribution in [0.4, 0.5) is 17.2 Å². The van der Waals surface area contributed by atoms with Crippen LogP contribution < -0.4 is 10.6 Å². The van der Waals surface area contributed by atoms with Gasteiger partial charge < -0.3 is 15.4 Å². The molecule has 1 amide bonds. The van der Waals surface area contributed by atoms with Gasteiger partial charge in [-0.1, -0.05) is 35.9 Å². The van der Waals surface area contributed by atoms with Gasteiger partial charge in [0.15, 0.2) is 0 Å². The van der Waals surface area contributed by atoms with Crippen molar-refractivity contribution in [2.24, 2.45) is 0 Å². The van der Waals surface area contributed by atoms with Crippen molar-refractivity contribution < 1.29 is 14.3 Å². The van der Waals surface area contributed by atoms with Gasteiger partial charge in [-0.2, -0.15) is 0 Å². The molecular weight excluding hydrogens is 380 g/mol. The molecule has 1 heterocycles. The summed E-state index contributed by atoms with van der Waals surface area (Å²) in [4.78, 5) is 32.7. The van der Waals surface area contributed by atoms with E-state index in [0.29, 0.717) is 27.8 Å². The second-order valence-corrected chi connectivity index (χ2v) is 6.02. The Kier molecular flexibility index (Phi) is 6.18. The van der Waals surface area contributed by atoms with Gasteiger partial charge in [0.25, 0.3) is 5.91 Å². The number of halogens is 1. The van der Waals surface area contributed by atoms with Crippen LogP contribution in [0, 0.1) is 0 Å². The van der Waals surface area contributed by atoms with Gasteiger partial charge in [0, 0.05) is 6.07 Å². The molecule has 0 saturated carbocycles. The van der Waals surface area contributed by atoms with Crippen molar-refractivity contribution in [1.29, 1.82) is 0 Å². The van der Waals surface area contributed by atoms with Gasteiger partial charge in [-0.3, -0.25) is 4.79 Å². The van der Waals surface area contributed by atoms with E-state index in [-0.39, 0.29) is 12.3 Å². The molecule has 2 aromatic carbocycles. The molecule has 28 heavy (non-hydrogen) atoms. The maximum absolute atomic E-state index is 12.5. The SMILES string of the molecule is CCOC(=O)c1ccccc1Nc1cc(C(=O)Nc2ccccc2Cl)ncn1. The van der Waals surface area contributed by atoms with Crippen molar-refractivity contribution in [2.45, 2.75) is 6.92 Å². The number of carbonyl (C=O) groups is 2. The zero-order valence-corrected chi connectivity index (χ0v) is 15.7. The molecule has 3 aromatic rings. The molecule has 0 saturated heterocycles. The van der Waals surface area contributed by atoms with Crippen LogP contribution in [0.5, 0.6) is 0 Å². The number of ether oxygens (including phenoxy) is 1. The number of hydrogen-bond donors (Lipinski definition) is 2. The summed E-state index contributed by atoms with van der Waals surface area (Å²) in [5, 5.41) is 6.15. The van der Waals surface area contributed by atoms with E-state index < -0.39 is 11.9 Å². The molecule has 0 radical (unpaired) electrons. The average Bonchev–Trinajstić information content (AvgIpc) is 2.70. The summed E-state index contributed by atoms with van der Waals surface area (Å²) in [7, 11) is 0. The van der Waals surface area contributed by atoms with Crippen molar-refractivity contribution in [3.8, 4) is 0 Å². The topological polar surface area (TPSA) is 93.2 Å². The molecule has 0 fully saturated rings. The van der Waals surface area contributed by atoms with E-state index in [1.54, 1.807) is 55.5 Å². The lowest BCUT2D eigenvalue weighted by Gasteiger charge is -2.11. The fraction of sp³-hybridized carbons (Fsp3) is 0.100. The molecule has 142 valence electrons. The van der Waals surface area contributed by atoms with E-state index >= 15 is 0 Å². The molecule has 7 nitrogen and oxygen atoms in total. The predicted molar refractivity (Wildman–Crippen MR) is 107 cm³/mol. The van der Waals surface area contributed by atoms with E-state index in [1.807, 2.05) is 0 Å². The Morgan fingerprint density at radius 2 is 1.75 bits per heavy atom. The number of benzene rings is 2. The number of nitrogens with one attached hydrogen (secondary N) is 2. The molecule has 1 aromatic heterocycles. The van der Waals surface area contributed by atoms with Gasteiger partial charge in [-0.05, 0) is 31.2 Å². The fourth-order valence-electron chi connectivity index (χ4n) is 2.42. The van der Waals surface area contributed by atoms with Crippen molar-refractivity contribution in [3.05, 3.63) is 77.2 Å². The van der Waals surface area contributed by atoms with Crippen molar-refractivity contribution in [1.82, 2.24) is 9.97 Å². The molecule has 0 unspecified atom stereocenters. The van der Waals surface area contributed by atoms with E-state index in [4.69, 9.17) is 16.3 Å². The molecule has 0 spiro atoms. The number of rotatable bonds is 6. The van der Waals surface area contributed by atoms with Crippen LogP contribution in [0.1, 0.15) is 27.8 Å². The first-order chi connectivity index (χ1) is 13.6. The molecular formula is C20H17ClN4O3. The summed E-state index contributed by atoms with van der Waals surface area (Å²) < 4.78 is 5.06. The molecule has 3 rings (SSSR count). The molecule has 0 aliphatic carbocycles. The second kappa shape index (κ2) is 8.96. The number of anilines is 3. The van der Waals surface area contributed by atoms with Gasteiger partial charge in [0.1, 0.15) is 17.8 Å². The highest BCUT2D eigenvalue weighted by Gasteiger charge is 2.14. The minimum absolute atomic E-state index is 0.144. The largest absolute Gasteiger partial charge is 0.462 e. The summed E-state index contributed by atoms with van der Waals surface area (Å²) in [5.41, 5.74) is 1.50. The maximum Gasteiger partial charge on any atom is 0.340 e. The Morgan fingerprint density at radius 3 is 2.50 bits per heavy atom. The lowest BCUT2D eigenvalue weighted by molar-refractivity contribution is 0.0527. The van der Waals surface area contributed by atoms with Crippen LogP contribution in [0.2, 0.25) is 5.02 Å². The van der Waals surface area contributed by atoms with Crippen LogP contribution in [-0.4, -0.2) is 28.5 Å². The van der Waals surface area contributed by atoms with Gasteiger partial charge in [-0.15, -0.1) is 0 Å². The standard InChI is InChI=1S/C20H17ClN4O3/c1-2-28-20(27)13-7-3-5-9-15(13)24-18-11-17(22-12-23-18)19(26)25-16-10-6-4-8-14(16)21/h3-12H,2H2,1H3,(H,25,26)(H,22,23,24). The lowest BCUT2D eigenvalue weighted by atomic mass is 10.2. The Morgan fingerprint density at radius 1 is 1.04 bits per heavy atom. The number of esters is 1. The van der Waals surface area contributed by atoms with Crippen LogP contribution >= 0.6 is 11.6 Å². The van der Waals surface area contributed by atoms with Crippen molar-refractivity contribution in [2.75, 3.05) is 17.2 Å². The molecule has 0 bridgehead atoms. The third-order valence-electron chi connectivity index (χ3n) is 3.71. The van der Waals surface area contributed by atoms with Gasteiger partial charge in [0.05, 0.1) is 28.6 Å². The van der Waals surface area contributed by atoms with Gasteiger partial charge >= 0.3 is 5.97 Å². The summed E-state index contributed by atoms with van der Waals surface area (Å²) in [5.74, 6) is -0.523. The lowest BCUT2D eigenvalue weighted by Crippen LogP contribution is -2.15. The van der Waals surface area contributed by atoms with Gasteiger partial charge in [-0.25, -0.2) is 14.8 Å². The molecule has 0 atom stereocenters. The first-order valence-corrected chi connectivity index (χ1v) is 8.87. The Labute approximate surface area is 166 Å². The summed E-state index contributed by atoms with van der Waals surface area (Å²) in [6.45, 7) is 2.01. The van der Waals surface area contributed by atoms with Crippen LogP contribution in [0.25, 0.3) is 0 Å². The van der Waals surface area contributed by atoms with E-state index in [1.165, 1.54) is 12.4 Å². The van der Waals surface area contributed by atoms with Crippen molar-refractivity contribution in [3.63, 3.8) is 0 Å². The third kappa shape index (κ3) is 4.63. The van der Waals surface area contributed by atoms with Crippen molar-refractivity contribution >= 4 is 40.7 Å². The van der Waals surface area contributed by atoms with E-state index in [9.17, 15) is 9.59 Å². The number of carbonyl (C=O) groups excluding carboxylic acids is 2. The average molecular weight is 397 g/mol. The second-order valence-electron chi connectivity index (χ2n) is 5.61. The third-order valence-corrected chi connectivity index (χ3v) is 4.04. The normalized spacial score (nSPS) is 10.2. The Bertz CT molecular complexity index is 1010. The molecule has 8 heteroatoms. The first kappa shape index (κ1) is 19.3. The highest BCUT2D eigenvalue weighted by molar-refractivity contribution is 6.33. The number of hydrogen-bond acceptors (Lipinski definition) is 6. The molecule has 2 N–H and O–H groups in total. The monoisotopic (exact) mass is 396 g/mol. The smallest absolute Gasteiger partial charge is 0.340 e. The maximum atomic E-state index is 12.5. The zero-order valence-electron chi connectivity index (χ0n) is 15.0. The number of aromatic nitrogens is 2. The van der Waals surface area contributed by atoms with Crippen LogP contribution in [0.3, 0.4) is 0 Å². The predicted octanol–water partition coefficient (Wildman–Crippen LogP) is 4.30. The Hall–Kier alpha value is -3.45. The molecule has 0 aliphatic heterocycles. The molecule has 0 aliphatic rings. The fourth-order valence-corrected chi connectivity index (χ4v) is 2.60. The summed E-state index contributed by atoms with van der Waals surface area (Å²) >= 11 is 6.06. The van der Waals surface area contributed by atoms with Crippen LogP contribution in [-0.2, 0) is 4.74 Å². The number of para-hydroxylation sites is 2. The minimum Gasteiger partial charge on any atom is -0.462 e. The summed E-state index contributed by atoms with van der Waals surface area (Å²) in [6, 6.07) is 15.3. The van der Waals surface area contributed by atoms with Gasteiger partial charge in [0.2, 0.25) is 0 Å². The van der Waals surface area contributed by atoms with Crippen LogP contribution in [0.15, 0.2) is 60.9 Å².